The lowest BCUT2D eigenvalue weighted by Crippen LogP contribution is -2.41. The van der Waals surface area contributed by atoms with Crippen molar-refractivity contribution >= 4 is 18.0 Å². The fourth-order valence-electron chi connectivity index (χ4n) is 3.07. The second kappa shape index (κ2) is 11.0. The molecule has 0 spiro atoms. The first-order valence-corrected chi connectivity index (χ1v) is 11.5. The van der Waals surface area contributed by atoms with Crippen LogP contribution in [0, 0.1) is 0 Å². The van der Waals surface area contributed by atoms with Crippen molar-refractivity contribution in [3.63, 3.8) is 0 Å². The van der Waals surface area contributed by atoms with Gasteiger partial charge in [0.1, 0.15) is 12.1 Å². The Morgan fingerprint density at radius 3 is 1.82 bits per heavy atom. The van der Waals surface area contributed by atoms with Crippen LogP contribution in [0.5, 0.6) is 0 Å². The molecule has 0 radical (unpaired) electrons. The Kier molecular flexibility index (Phi) is 9.52. The minimum absolute atomic E-state index is 0.0107. The molecule has 0 aromatic heterocycles. The van der Waals surface area contributed by atoms with Gasteiger partial charge >= 0.3 is 12.1 Å². The molecule has 1 rings (SSSR count). The van der Waals surface area contributed by atoms with Crippen LogP contribution >= 0.6 is 0 Å². The molecule has 0 saturated carbocycles. The minimum Gasteiger partial charge on any atom is -0.466 e. The van der Waals surface area contributed by atoms with Crippen molar-refractivity contribution in [2.75, 3.05) is 13.2 Å². The van der Waals surface area contributed by atoms with E-state index in [1.54, 1.807) is 27.7 Å². The van der Waals surface area contributed by atoms with Gasteiger partial charge in [0.15, 0.2) is 0 Å². The third-order valence-electron chi connectivity index (χ3n) is 4.89. The van der Waals surface area contributed by atoms with Gasteiger partial charge in [-0.05, 0) is 55.2 Å². The molecule has 1 aromatic rings. The number of ether oxygens (including phenoxy) is 2. The standard InChI is InChI=1S/C26H42N2O5/c1-11-32-22(30)15-20(28-21(29)16-27-23(31)33-26(8,9)10)17-12-18(24(2,3)4)14-19(13-17)25(5,6)7/h12-14,20H,11,15-16H2,1-10H3,(H,27,31)(H,28,29). The molecule has 1 unspecified atom stereocenters. The molecule has 2 amide bonds. The largest absolute Gasteiger partial charge is 0.466 e. The van der Waals surface area contributed by atoms with Gasteiger partial charge < -0.3 is 20.1 Å². The molecule has 186 valence electrons. The van der Waals surface area contributed by atoms with E-state index in [1.807, 2.05) is 12.1 Å². The SMILES string of the molecule is CCOC(=O)CC(NC(=O)CNC(=O)OC(C)(C)C)c1cc(C(C)(C)C)cc(C(C)(C)C)c1. The van der Waals surface area contributed by atoms with E-state index >= 15 is 0 Å². The molecule has 0 fully saturated rings. The second-order valence-electron chi connectivity index (χ2n) is 11.3. The zero-order valence-corrected chi connectivity index (χ0v) is 22.0. The Morgan fingerprint density at radius 2 is 1.39 bits per heavy atom. The molecule has 0 bridgehead atoms. The molecule has 7 heteroatoms. The molecular weight excluding hydrogens is 420 g/mol. The normalized spacial score (nSPS) is 13.2. The third-order valence-corrected chi connectivity index (χ3v) is 4.89. The second-order valence-corrected chi connectivity index (χ2v) is 11.3. The summed E-state index contributed by atoms with van der Waals surface area (Å²) in [5.41, 5.74) is 2.15. The molecule has 1 atom stereocenters. The number of esters is 1. The van der Waals surface area contributed by atoms with Crippen LogP contribution in [0.15, 0.2) is 18.2 Å². The third kappa shape index (κ3) is 10.3. The van der Waals surface area contributed by atoms with Crippen molar-refractivity contribution in [1.82, 2.24) is 10.6 Å². The fraction of sp³-hybridized carbons (Fsp3) is 0.654. The van der Waals surface area contributed by atoms with E-state index in [2.05, 4.69) is 58.2 Å². The smallest absolute Gasteiger partial charge is 0.408 e. The Balaban J connectivity index is 3.22. The van der Waals surface area contributed by atoms with Crippen molar-refractivity contribution in [1.29, 1.82) is 0 Å². The number of rotatable bonds is 7. The van der Waals surface area contributed by atoms with E-state index in [9.17, 15) is 14.4 Å². The number of benzene rings is 1. The number of hydrogen-bond donors (Lipinski definition) is 2. The summed E-state index contributed by atoms with van der Waals surface area (Å²) in [6, 6.07) is 5.64. The molecule has 7 nitrogen and oxygen atoms in total. The summed E-state index contributed by atoms with van der Waals surface area (Å²) in [7, 11) is 0. The van der Waals surface area contributed by atoms with Crippen LogP contribution in [-0.2, 0) is 29.9 Å². The highest BCUT2D eigenvalue weighted by molar-refractivity contribution is 5.83. The molecule has 33 heavy (non-hydrogen) atoms. The summed E-state index contributed by atoms with van der Waals surface area (Å²) < 4.78 is 10.3. The topological polar surface area (TPSA) is 93.7 Å². The summed E-state index contributed by atoms with van der Waals surface area (Å²) in [6.07, 6.45) is -0.687. The van der Waals surface area contributed by atoms with Gasteiger partial charge in [0.05, 0.1) is 19.1 Å². The van der Waals surface area contributed by atoms with Gasteiger partial charge in [-0.25, -0.2) is 4.79 Å². The van der Waals surface area contributed by atoms with Gasteiger partial charge in [-0.15, -0.1) is 0 Å². The van der Waals surface area contributed by atoms with Gasteiger partial charge in [0.25, 0.3) is 0 Å². The Morgan fingerprint density at radius 1 is 0.879 bits per heavy atom. The van der Waals surface area contributed by atoms with Crippen molar-refractivity contribution in [2.45, 2.75) is 98.1 Å². The molecule has 0 saturated heterocycles. The number of hydrogen-bond acceptors (Lipinski definition) is 5. The van der Waals surface area contributed by atoms with Gasteiger partial charge in [-0.1, -0.05) is 59.7 Å². The Labute approximate surface area is 199 Å². The maximum atomic E-state index is 12.7. The first kappa shape index (κ1) is 28.5. The van der Waals surface area contributed by atoms with E-state index in [0.29, 0.717) is 0 Å². The summed E-state index contributed by atoms with van der Waals surface area (Å²) in [5.74, 6) is -0.824. The summed E-state index contributed by atoms with van der Waals surface area (Å²) >= 11 is 0. The van der Waals surface area contributed by atoms with E-state index in [1.165, 1.54) is 0 Å². The molecule has 1 aromatic carbocycles. The summed E-state index contributed by atoms with van der Waals surface area (Å²) in [4.78, 5) is 36.9. The lowest BCUT2D eigenvalue weighted by atomic mass is 9.78. The molecular formula is C26H42N2O5. The van der Waals surface area contributed by atoms with Gasteiger partial charge in [-0.2, -0.15) is 0 Å². The molecule has 0 aliphatic rings. The van der Waals surface area contributed by atoms with Gasteiger partial charge in [0.2, 0.25) is 5.91 Å². The minimum atomic E-state index is -0.677. The zero-order valence-electron chi connectivity index (χ0n) is 22.0. The lowest BCUT2D eigenvalue weighted by molar-refractivity contribution is -0.143. The van der Waals surface area contributed by atoms with Crippen LogP contribution in [-0.4, -0.2) is 36.7 Å². The van der Waals surface area contributed by atoms with Crippen molar-refractivity contribution < 1.29 is 23.9 Å². The summed E-state index contributed by atoms with van der Waals surface area (Å²) in [6.45, 7) is 19.7. The molecule has 0 aliphatic carbocycles. The predicted molar refractivity (Wildman–Crippen MR) is 130 cm³/mol. The monoisotopic (exact) mass is 462 g/mol. The number of carbonyl (C=O) groups excluding carboxylic acids is 3. The van der Waals surface area contributed by atoms with Crippen LogP contribution in [0.25, 0.3) is 0 Å². The first-order valence-electron chi connectivity index (χ1n) is 11.5. The summed E-state index contributed by atoms with van der Waals surface area (Å²) in [5, 5.41) is 5.34. The number of alkyl carbamates (subject to hydrolysis) is 1. The molecule has 0 aliphatic heterocycles. The average molecular weight is 463 g/mol. The first-order chi connectivity index (χ1) is 14.9. The Hall–Kier alpha value is -2.57. The highest BCUT2D eigenvalue weighted by Gasteiger charge is 2.26. The fourth-order valence-corrected chi connectivity index (χ4v) is 3.07. The maximum absolute atomic E-state index is 12.7. The molecule has 0 heterocycles. The van der Waals surface area contributed by atoms with E-state index in [4.69, 9.17) is 9.47 Å². The van der Waals surface area contributed by atoms with Crippen LogP contribution in [0.1, 0.15) is 98.4 Å². The quantitative estimate of drug-likeness (QED) is 0.561. The zero-order chi connectivity index (χ0) is 25.6. The number of nitrogens with one attached hydrogen (secondary N) is 2. The van der Waals surface area contributed by atoms with Crippen molar-refractivity contribution in [3.8, 4) is 0 Å². The number of amides is 2. The van der Waals surface area contributed by atoms with Gasteiger partial charge in [-0.3, -0.25) is 9.59 Å². The highest BCUT2D eigenvalue weighted by atomic mass is 16.6. The predicted octanol–water partition coefficient (Wildman–Crippen LogP) is 4.92. The molecule has 2 N–H and O–H groups in total. The Bertz CT molecular complexity index is 809. The van der Waals surface area contributed by atoms with Gasteiger partial charge in [0, 0.05) is 0 Å². The van der Waals surface area contributed by atoms with Crippen molar-refractivity contribution in [2.24, 2.45) is 0 Å². The van der Waals surface area contributed by atoms with Crippen LogP contribution in [0.4, 0.5) is 4.79 Å². The highest BCUT2D eigenvalue weighted by Crippen LogP contribution is 2.33. The van der Waals surface area contributed by atoms with Crippen LogP contribution < -0.4 is 10.6 Å². The number of carbonyl (C=O) groups is 3. The van der Waals surface area contributed by atoms with Crippen LogP contribution in [0.3, 0.4) is 0 Å². The maximum Gasteiger partial charge on any atom is 0.408 e. The van der Waals surface area contributed by atoms with Crippen molar-refractivity contribution in [3.05, 3.63) is 34.9 Å². The van der Waals surface area contributed by atoms with Crippen LogP contribution in [0.2, 0.25) is 0 Å². The average Bonchev–Trinajstić information content (AvgIpc) is 2.63. The van der Waals surface area contributed by atoms with E-state index < -0.39 is 29.6 Å². The lowest BCUT2D eigenvalue weighted by Gasteiger charge is -2.28. The van der Waals surface area contributed by atoms with E-state index in [-0.39, 0.29) is 30.4 Å². The van der Waals surface area contributed by atoms with E-state index in [0.717, 1.165) is 16.7 Å².